The molecule has 1 aromatic rings. The number of rotatable bonds is 8. The Kier molecular flexibility index (Phi) is 6.85. The van der Waals surface area contributed by atoms with Crippen molar-refractivity contribution in [2.45, 2.75) is 52.5 Å². The monoisotopic (exact) mass is 266 g/mol. The van der Waals surface area contributed by atoms with E-state index in [0.29, 0.717) is 12.6 Å². The molecular formula is C16H27FN2. The van der Waals surface area contributed by atoms with Gasteiger partial charge in [-0.15, -0.1) is 0 Å². The molecule has 0 atom stereocenters. The maximum absolute atomic E-state index is 13.7. The fraction of sp³-hybridized carbons (Fsp3) is 0.625. The van der Waals surface area contributed by atoms with Gasteiger partial charge in [0.05, 0.1) is 0 Å². The summed E-state index contributed by atoms with van der Waals surface area (Å²) in [5.74, 6) is -0.165. The van der Waals surface area contributed by atoms with Crippen molar-refractivity contribution in [3.8, 4) is 0 Å². The molecule has 2 N–H and O–H groups in total. The molecule has 0 aliphatic rings. The lowest BCUT2D eigenvalue weighted by molar-refractivity contribution is 0.608. The van der Waals surface area contributed by atoms with E-state index in [1.165, 1.54) is 12.8 Å². The van der Waals surface area contributed by atoms with Crippen LogP contribution in [0.2, 0.25) is 0 Å². The Hall–Kier alpha value is -1.09. The quantitative estimate of drug-likeness (QED) is 0.726. The van der Waals surface area contributed by atoms with Gasteiger partial charge in [-0.05, 0) is 57.0 Å². The molecule has 0 aliphatic heterocycles. The summed E-state index contributed by atoms with van der Waals surface area (Å²) in [7, 11) is 0. The van der Waals surface area contributed by atoms with Crippen molar-refractivity contribution in [1.82, 2.24) is 0 Å². The summed E-state index contributed by atoms with van der Waals surface area (Å²) in [5, 5.41) is 0. The van der Waals surface area contributed by atoms with Crippen molar-refractivity contribution in [3.63, 3.8) is 0 Å². The van der Waals surface area contributed by atoms with E-state index in [1.807, 2.05) is 0 Å². The number of benzene rings is 1. The van der Waals surface area contributed by atoms with Crippen LogP contribution in [0.1, 0.15) is 45.6 Å². The topological polar surface area (TPSA) is 29.3 Å². The van der Waals surface area contributed by atoms with Crippen LogP contribution in [0.3, 0.4) is 0 Å². The highest BCUT2D eigenvalue weighted by molar-refractivity contribution is 5.50. The van der Waals surface area contributed by atoms with E-state index < -0.39 is 0 Å². The molecule has 19 heavy (non-hydrogen) atoms. The van der Waals surface area contributed by atoms with Crippen LogP contribution in [0.4, 0.5) is 10.1 Å². The fourth-order valence-corrected chi connectivity index (χ4v) is 2.33. The average molecular weight is 266 g/mol. The maximum atomic E-state index is 13.7. The third-order valence-corrected chi connectivity index (χ3v) is 3.33. The molecule has 0 bridgehead atoms. The molecule has 3 heteroatoms. The van der Waals surface area contributed by atoms with Crippen LogP contribution in [0.25, 0.3) is 0 Å². The Labute approximate surface area is 116 Å². The molecule has 0 aliphatic carbocycles. The first-order valence-corrected chi connectivity index (χ1v) is 7.34. The zero-order valence-electron chi connectivity index (χ0n) is 12.5. The lowest BCUT2D eigenvalue weighted by atomic mass is 10.1. The molecule has 1 rings (SSSR count). The largest absolute Gasteiger partial charge is 0.369 e. The van der Waals surface area contributed by atoms with Gasteiger partial charge in [-0.1, -0.05) is 19.8 Å². The van der Waals surface area contributed by atoms with E-state index >= 15 is 0 Å². The van der Waals surface area contributed by atoms with Gasteiger partial charge in [0.25, 0.3) is 0 Å². The van der Waals surface area contributed by atoms with Crippen LogP contribution in [0, 0.1) is 5.82 Å². The number of unbranched alkanes of at least 4 members (excludes halogenated alkanes) is 2. The van der Waals surface area contributed by atoms with Crippen LogP contribution in [-0.4, -0.2) is 19.1 Å². The number of hydrogen-bond donors (Lipinski definition) is 1. The Morgan fingerprint density at radius 1 is 1.21 bits per heavy atom. The number of halogens is 1. The molecular weight excluding hydrogens is 239 g/mol. The van der Waals surface area contributed by atoms with E-state index in [1.54, 1.807) is 12.1 Å². The molecule has 2 nitrogen and oxygen atoms in total. The first kappa shape index (κ1) is 16.0. The summed E-state index contributed by atoms with van der Waals surface area (Å²) in [6, 6.07) is 5.67. The second-order valence-corrected chi connectivity index (χ2v) is 5.35. The third-order valence-electron chi connectivity index (χ3n) is 3.33. The van der Waals surface area contributed by atoms with E-state index in [-0.39, 0.29) is 5.82 Å². The number of hydrogen-bond acceptors (Lipinski definition) is 2. The highest BCUT2D eigenvalue weighted by Crippen LogP contribution is 2.22. The highest BCUT2D eigenvalue weighted by atomic mass is 19.1. The lowest BCUT2D eigenvalue weighted by Crippen LogP contribution is -2.32. The average Bonchev–Trinajstić information content (AvgIpc) is 2.33. The molecule has 0 amide bonds. The van der Waals surface area contributed by atoms with Gasteiger partial charge in [-0.25, -0.2) is 4.39 Å². The first-order chi connectivity index (χ1) is 9.08. The van der Waals surface area contributed by atoms with Gasteiger partial charge < -0.3 is 10.6 Å². The summed E-state index contributed by atoms with van der Waals surface area (Å²) >= 11 is 0. The van der Waals surface area contributed by atoms with Gasteiger partial charge in [-0.3, -0.25) is 0 Å². The Morgan fingerprint density at radius 2 is 1.95 bits per heavy atom. The van der Waals surface area contributed by atoms with Crippen LogP contribution in [0.15, 0.2) is 18.2 Å². The molecule has 108 valence electrons. The van der Waals surface area contributed by atoms with Crippen LogP contribution in [-0.2, 0) is 6.42 Å². The van der Waals surface area contributed by atoms with Crippen LogP contribution < -0.4 is 10.6 Å². The first-order valence-electron chi connectivity index (χ1n) is 7.34. The van der Waals surface area contributed by atoms with Gasteiger partial charge in [-0.2, -0.15) is 0 Å². The second-order valence-electron chi connectivity index (χ2n) is 5.35. The Morgan fingerprint density at radius 3 is 2.53 bits per heavy atom. The van der Waals surface area contributed by atoms with Crippen molar-refractivity contribution in [2.75, 3.05) is 18.0 Å². The van der Waals surface area contributed by atoms with Gasteiger partial charge in [0.1, 0.15) is 5.82 Å². The minimum atomic E-state index is -0.165. The number of nitrogens with two attached hydrogens (primary N) is 1. The maximum Gasteiger partial charge on any atom is 0.125 e. The van der Waals surface area contributed by atoms with Crippen molar-refractivity contribution in [1.29, 1.82) is 0 Å². The second kappa shape index (κ2) is 8.16. The Bertz CT molecular complexity index is 377. The standard InChI is InChI=1S/C16H27FN2/c1-4-5-6-9-19(13(2)3)16-11-14(7-8-18)10-15(17)12-16/h10-13H,4-9,18H2,1-3H3. The van der Waals surface area contributed by atoms with Crippen LogP contribution in [0.5, 0.6) is 0 Å². The zero-order chi connectivity index (χ0) is 14.3. The highest BCUT2D eigenvalue weighted by Gasteiger charge is 2.12. The van der Waals surface area contributed by atoms with Gasteiger partial charge in [0.15, 0.2) is 0 Å². The number of nitrogens with zero attached hydrogens (tertiary/aromatic N) is 1. The molecule has 0 saturated heterocycles. The molecule has 1 aromatic carbocycles. The predicted octanol–water partition coefficient (Wildman–Crippen LogP) is 3.73. The minimum Gasteiger partial charge on any atom is -0.369 e. The lowest BCUT2D eigenvalue weighted by Gasteiger charge is -2.29. The predicted molar refractivity (Wildman–Crippen MR) is 81.2 cm³/mol. The molecule has 0 heterocycles. The van der Waals surface area contributed by atoms with E-state index in [0.717, 1.165) is 30.6 Å². The minimum absolute atomic E-state index is 0.165. The summed E-state index contributed by atoms with van der Waals surface area (Å²) in [6.45, 7) is 8.04. The van der Waals surface area contributed by atoms with E-state index in [4.69, 9.17) is 5.73 Å². The van der Waals surface area contributed by atoms with Gasteiger partial charge >= 0.3 is 0 Å². The van der Waals surface area contributed by atoms with Crippen LogP contribution >= 0.6 is 0 Å². The van der Waals surface area contributed by atoms with Crippen molar-refractivity contribution in [2.24, 2.45) is 5.73 Å². The zero-order valence-corrected chi connectivity index (χ0v) is 12.5. The van der Waals surface area contributed by atoms with Crippen molar-refractivity contribution >= 4 is 5.69 Å². The summed E-state index contributed by atoms with van der Waals surface area (Å²) < 4.78 is 13.7. The summed E-state index contributed by atoms with van der Waals surface area (Å²) in [5.41, 5.74) is 7.52. The molecule has 0 fully saturated rings. The fourth-order valence-electron chi connectivity index (χ4n) is 2.33. The van der Waals surface area contributed by atoms with E-state index in [9.17, 15) is 4.39 Å². The SMILES string of the molecule is CCCCCN(c1cc(F)cc(CCN)c1)C(C)C. The number of anilines is 1. The molecule has 0 saturated carbocycles. The summed E-state index contributed by atoms with van der Waals surface area (Å²) in [4.78, 5) is 2.28. The van der Waals surface area contributed by atoms with Gasteiger partial charge in [0.2, 0.25) is 0 Å². The molecule has 0 radical (unpaired) electrons. The smallest absolute Gasteiger partial charge is 0.125 e. The van der Waals surface area contributed by atoms with Crippen molar-refractivity contribution in [3.05, 3.63) is 29.6 Å². The normalized spacial score (nSPS) is 11.1. The Balaban J connectivity index is 2.88. The molecule has 0 aromatic heterocycles. The summed E-state index contributed by atoms with van der Waals surface area (Å²) in [6.07, 6.45) is 4.30. The third kappa shape index (κ3) is 5.19. The van der Waals surface area contributed by atoms with E-state index in [2.05, 4.69) is 31.7 Å². The molecule has 0 spiro atoms. The molecule has 0 unspecified atom stereocenters. The van der Waals surface area contributed by atoms with Crippen molar-refractivity contribution < 1.29 is 4.39 Å². The van der Waals surface area contributed by atoms with Gasteiger partial charge in [0, 0.05) is 18.3 Å².